The van der Waals surface area contributed by atoms with Gasteiger partial charge >= 0.3 is 0 Å². The van der Waals surface area contributed by atoms with Crippen molar-refractivity contribution in [1.82, 2.24) is 0 Å². The fraction of sp³-hybridized carbons (Fsp3) is 0.462. The highest BCUT2D eigenvalue weighted by molar-refractivity contribution is 6.31. The number of aliphatic imine (C=N–C) groups is 1. The molecule has 0 N–H and O–H groups in total. The van der Waals surface area contributed by atoms with E-state index in [9.17, 15) is 4.79 Å². The number of carbonyl (C=O) groups excluding carboxylic acids is 1. The van der Waals surface area contributed by atoms with Gasteiger partial charge in [0.15, 0.2) is 11.5 Å². The maximum absolute atomic E-state index is 10.6. The smallest absolute Gasteiger partial charge is 0.235 e. The standard InChI is InChI=1S/C13H14ClNO3/c1-17-11-6-9(10(14)7-12(11)18-2)13(15-8-16)4-3-5-13/h6-7H,3-5H2,1-2H3. The quantitative estimate of drug-likeness (QED) is 0.622. The Morgan fingerprint density at radius 3 is 2.33 bits per heavy atom. The van der Waals surface area contributed by atoms with Gasteiger partial charge in [-0.05, 0) is 25.3 Å². The van der Waals surface area contributed by atoms with Gasteiger partial charge in [-0.2, -0.15) is 4.99 Å². The number of isocyanates is 1. The number of hydrogen-bond acceptors (Lipinski definition) is 4. The monoisotopic (exact) mass is 267 g/mol. The summed E-state index contributed by atoms with van der Waals surface area (Å²) in [6, 6.07) is 3.48. The van der Waals surface area contributed by atoms with Gasteiger partial charge in [-0.3, -0.25) is 0 Å². The molecule has 0 bridgehead atoms. The second-order valence-electron chi connectivity index (χ2n) is 4.28. The van der Waals surface area contributed by atoms with Gasteiger partial charge in [-0.15, -0.1) is 0 Å². The molecule has 0 unspecified atom stereocenters. The molecule has 1 aromatic rings. The molecule has 0 heterocycles. The van der Waals surface area contributed by atoms with Gasteiger partial charge in [0.1, 0.15) is 0 Å². The molecule has 1 aliphatic carbocycles. The number of ether oxygens (including phenoxy) is 2. The van der Waals surface area contributed by atoms with Gasteiger partial charge in [-0.1, -0.05) is 11.6 Å². The van der Waals surface area contributed by atoms with E-state index < -0.39 is 5.54 Å². The fourth-order valence-corrected chi connectivity index (χ4v) is 2.58. The van der Waals surface area contributed by atoms with E-state index in [4.69, 9.17) is 21.1 Å². The predicted molar refractivity (Wildman–Crippen MR) is 68.2 cm³/mol. The molecular weight excluding hydrogens is 254 g/mol. The molecule has 1 saturated carbocycles. The molecule has 1 aromatic carbocycles. The molecule has 18 heavy (non-hydrogen) atoms. The first-order valence-corrected chi connectivity index (χ1v) is 6.05. The molecule has 1 fully saturated rings. The first-order chi connectivity index (χ1) is 8.66. The van der Waals surface area contributed by atoms with Crippen LogP contribution in [0.3, 0.4) is 0 Å². The summed E-state index contributed by atoms with van der Waals surface area (Å²) in [5.41, 5.74) is 0.273. The molecular formula is C13H14ClNO3. The predicted octanol–water partition coefficient (Wildman–Crippen LogP) is 3.07. The molecule has 0 amide bonds. The Morgan fingerprint density at radius 2 is 1.89 bits per heavy atom. The summed E-state index contributed by atoms with van der Waals surface area (Å²) in [4.78, 5) is 14.5. The third kappa shape index (κ3) is 1.98. The number of benzene rings is 1. The largest absolute Gasteiger partial charge is 0.493 e. The second kappa shape index (κ2) is 5.01. The van der Waals surface area contributed by atoms with Crippen LogP contribution in [-0.2, 0) is 10.3 Å². The summed E-state index contributed by atoms with van der Waals surface area (Å²) in [5, 5.41) is 0.534. The summed E-state index contributed by atoms with van der Waals surface area (Å²) >= 11 is 6.24. The summed E-state index contributed by atoms with van der Waals surface area (Å²) in [7, 11) is 3.11. The fourth-order valence-electron chi connectivity index (χ4n) is 2.25. The normalized spacial score (nSPS) is 16.4. The lowest BCUT2D eigenvalue weighted by atomic mass is 9.72. The van der Waals surface area contributed by atoms with Crippen LogP contribution >= 0.6 is 11.6 Å². The van der Waals surface area contributed by atoms with Gasteiger partial charge in [0.05, 0.1) is 24.8 Å². The minimum atomic E-state index is -0.529. The van der Waals surface area contributed by atoms with Crippen LogP contribution in [0.4, 0.5) is 0 Å². The van der Waals surface area contributed by atoms with Crippen molar-refractivity contribution in [2.24, 2.45) is 4.99 Å². The molecule has 0 spiro atoms. The van der Waals surface area contributed by atoms with Crippen LogP contribution in [0.5, 0.6) is 11.5 Å². The third-order valence-corrected chi connectivity index (χ3v) is 3.73. The molecule has 96 valence electrons. The van der Waals surface area contributed by atoms with Gasteiger partial charge in [0, 0.05) is 11.6 Å². The highest BCUT2D eigenvalue weighted by Crippen LogP contribution is 2.49. The van der Waals surface area contributed by atoms with E-state index in [-0.39, 0.29) is 0 Å². The molecule has 4 nitrogen and oxygen atoms in total. The molecule has 1 aliphatic rings. The first kappa shape index (κ1) is 12.9. The Kier molecular flexibility index (Phi) is 3.60. The number of hydrogen-bond donors (Lipinski definition) is 0. The molecule has 5 heteroatoms. The number of methoxy groups -OCH3 is 2. The summed E-state index contributed by atoms with van der Waals surface area (Å²) in [6.07, 6.45) is 4.28. The first-order valence-electron chi connectivity index (χ1n) is 5.68. The number of nitrogens with zero attached hydrogens (tertiary/aromatic N) is 1. The van der Waals surface area contributed by atoms with Gasteiger partial charge in [-0.25, -0.2) is 4.79 Å². The highest BCUT2D eigenvalue weighted by Gasteiger charge is 2.41. The van der Waals surface area contributed by atoms with Crippen molar-refractivity contribution >= 4 is 17.7 Å². The SMILES string of the molecule is COc1cc(Cl)c(C2(N=C=O)CCC2)cc1OC. The topological polar surface area (TPSA) is 47.9 Å². The Labute approximate surface area is 111 Å². The zero-order chi connectivity index (χ0) is 13.2. The van der Waals surface area contributed by atoms with Crippen LogP contribution in [0, 0.1) is 0 Å². The van der Waals surface area contributed by atoms with Crippen molar-refractivity contribution in [3.8, 4) is 11.5 Å². The van der Waals surface area contributed by atoms with E-state index >= 15 is 0 Å². The van der Waals surface area contributed by atoms with Crippen molar-refractivity contribution in [3.05, 3.63) is 22.7 Å². The van der Waals surface area contributed by atoms with E-state index in [1.165, 1.54) is 0 Å². The van der Waals surface area contributed by atoms with Crippen molar-refractivity contribution in [3.63, 3.8) is 0 Å². The molecule has 0 aliphatic heterocycles. The number of rotatable bonds is 4. The Morgan fingerprint density at radius 1 is 1.28 bits per heavy atom. The van der Waals surface area contributed by atoms with Crippen LogP contribution in [0.15, 0.2) is 17.1 Å². The lowest BCUT2D eigenvalue weighted by Gasteiger charge is -2.37. The van der Waals surface area contributed by atoms with Crippen LogP contribution in [-0.4, -0.2) is 20.3 Å². The van der Waals surface area contributed by atoms with E-state index in [0.717, 1.165) is 24.8 Å². The average Bonchev–Trinajstić information content (AvgIpc) is 2.34. The molecule has 0 atom stereocenters. The van der Waals surface area contributed by atoms with E-state index in [1.54, 1.807) is 32.4 Å². The Hall–Kier alpha value is -1.51. The van der Waals surface area contributed by atoms with E-state index in [0.29, 0.717) is 16.5 Å². The van der Waals surface area contributed by atoms with Gasteiger partial charge in [0.2, 0.25) is 6.08 Å². The maximum Gasteiger partial charge on any atom is 0.235 e. The van der Waals surface area contributed by atoms with Crippen molar-refractivity contribution in [2.45, 2.75) is 24.8 Å². The summed E-state index contributed by atoms with van der Waals surface area (Å²) in [5.74, 6) is 1.15. The highest BCUT2D eigenvalue weighted by atomic mass is 35.5. The number of halogens is 1. The van der Waals surface area contributed by atoms with Crippen LogP contribution in [0.2, 0.25) is 5.02 Å². The molecule has 0 aromatic heterocycles. The van der Waals surface area contributed by atoms with Gasteiger partial charge in [0.25, 0.3) is 0 Å². The third-order valence-electron chi connectivity index (χ3n) is 3.41. The van der Waals surface area contributed by atoms with Crippen LogP contribution in [0.1, 0.15) is 24.8 Å². The lowest BCUT2D eigenvalue weighted by molar-refractivity contribution is 0.254. The van der Waals surface area contributed by atoms with E-state index in [1.807, 2.05) is 0 Å². The van der Waals surface area contributed by atoms with Crippen LogP contribution in [0.25, 0.3) is 0 Å². The second-order valence-corrected chi connectivity index (χ2v) is 4.68. The minimum absolute atomic E-state index is 0.529. The van der Waals surface area contributed by atoms with Crippen molar-refractivity contribution < 1.29 is 14.3 Å². The zero-order valence-electron chi connectivity index (χ0n) is 10.3. The van der Waals surface area contributed by atoms with Crippen LogP contribution < -0.4 is 9.47 Å². The summed E-state index contributed by atoms with van der Waals surface area (Å²) < 4.78 is 10.4. The van der Waals surface area contributed by atoms with E-state index in [2.05, 4.69) is 4.99 Å². The zero-order valence-corrected chi connectivity index (χ0v) is 11.1. The van der Waals surface area contributed by atoms with Crippen molar-refractivity contribution in [1.29, 1.82) is 0 Å². The Bertz CT molecular complexity index is 505. The molecule has 2 rings (SSSR count). The maximum atomic E-state index is 10.6. The van der Waals surface area contributed by atoms with Gasteiger partial charge < -0.3 is 9.47 Å². The Balaban J connectivity index is 2.53. The average molecular weight is 268 g/mol. The molecule has 0 radical (unpaired) electrons. The minimum Gasteiger partial charge on any atom is -0.493 e. The summed E-state index contributed by atoms with van der Waals surface area (Å²) in [6.45, 7) is 0. The molecule has 0 saturated heterocycles. The lowest BCUT2D eigenvalue weighted by Crippen LogP contribution is -2.32. The van der Waals surface area contributed by atoms with Crippen molar-refractivity contribution in [2.75, 3.05) is 14.2 Å².